The van der Waals surface area contributed by atoms with Crippen LogP contribution < -0.4 is 10.6 Å². The molecule has 2 N–H and O–H groups in total. The highest BCUT2D eigenvalue weighted by Crippen LogP contribution is 2.22. The Hall–Kier alpha value is -1.59. The van der Waals surface area contributed by atoms with Crippen LogP contribution in [0.2, 0.25) is 10.6 Å². The van der Waals surface area contributed by atoms with E-state index in [-0.39, 0.29) is 10.6 Å². The molecule has 0 bridgehead atoms. The molecular weight excluding hydrogens is 261 g/mol. The molecule has 2 aromatic rings. The van der Waals surface area contributed by atoms with Crippen LogP contribution in [0.5, 0.6) is 0 Å². The SMILES string of the molecule is CN(c1ccc(N)cc1)c1nc(Cl)nc(Cl)n1. The molecule has 2 rings (SSSR count). The van der Waals surface area contributed by atoms with Gasteiger partial charge in [-0.15, -0.1) is 0 Å². The molecule has 0 radical (unpaired) electrons. The largest absolute Gasteiger partial charge is 0.399 e. The lowest BCUT2D eigenvalue weighted by atomic mass is 10.3. The number of aromatic nitrogens is 3. The van der Waals surface area contributed by atoms with Gasteiger partial charge >= 0.3 is 0 Å². The Morgan fingerprint density at radius 3 is 2.06 bits per heavy atom. The Balaban J connectivity index is 2.36. The van der Waals surface area contributed by atoms with Crippen molar-refractivity contribution in [2.24, 2.45) is 0 Å². The average Bonchev–Trinajstić information content (AvgIpc) is 2.28. The molecule has 0 saturated carbocycles. The number of nitrogens with two attached hydrogens (primary N) is 1. The Kier molecular flexibility index (Phi) is 3.31. The first-order valence-corrected chi connectivity index (χ1v) is 5.48. The molecular formula is C10H9Cl2N5. The summed E-state index contributed by atoms with van der Waals surface area (Å²) in [5.41, 5.74) is 7.17. The van der Waals surface area contributed by atoms with Crippen molar-refractivity contribution in [1.82, 2.24) is 15.0 Å². The lowest BCUT2D eigenvalue weighted by Gasteiger charge is -2.17. The van der Waals surface area contributed by atoms with Crippen LogP contribution in [-0.4, -0.2) is 22.0 Å². The van der Waals surface area contributed by atoms with Gasteiger partial charge in [0.05, 0.1) is 0 Å². The van der Waals surface area contributed by atoms with E-state index in [0.717, 1.165) is 5.69 Å². The molecule has 0 aliphatic heterocycles. The second-order valence-electron chi connectivity index (χ2n) is 3.32. The second-order valence-corrected chi connectivity index (χ2v) is 4.00. The molecule has 5 nitrogen and oxygen atoms in total. The van der Waals surface area contributed by atoms with Crippen LogP contribution in [0.3, 0.4) is 0 Å². The van der Waals surface area contributed by atoms with Crippen LogP contribution >= 0.6 is 23.2 Å². The maximum Gasteiger partial charge on any atom is 0.235 e. The molecule has 0 spiro atoms. The standard InChI is InChI=1S/C10H9Cl2N5/c1-17(7-4-2-6(13)3-5-7)10-15-8(11)14-9(12)16-10/h2-5H,13H2,1H3. The number of nitrogens with zero attached hydrogens (tertiary/aromatic N) is 4. The van der Waals surface area contributed by atoms with Crippen molar-refractivity contribution in [2.75, 3.05) is 17.7 Å². The summed E-state index contributed by atoms with van der Waals surface area (Å²) >= 11 is 11.4. The average molecular weight is 270 g/mol. The predicted octanol–water partition coefficient (Wildman–Crippen LogP) is 2.53. The van der Waals surface area contributed by atoms with Crippen molar-refractivity contribution in [3.05, 3.63) is 34.8 Å². The van der Waals surface area contributed by atoms with Crippen LogP contribution in [0.25, 0.3) is 0 Å². The second kappa shape index (κ2) is 4.73. The molecule has 0 unspecified atom stereocenters. The number of rotatable bonds is 2. The van der Waals surface area contributed by atoms with Crippen molar-refractivity contribution < 1.29 is 0 Å². The molecule has 17 heavy (non-hydrogen) atoms. The van der Waals surface area contributed by atoms with Crippen molar-refractivity contribution in [1.29, 1.82) is 0 Å². The van der Waals surface area contributed by atoms with Crippen LogP contribution in [0.1, 0.15) is 0 Å². The Morgan fingerprint density at radius 1 is 1.00 bits per heavy atom. The van der Waals surface area contributed by atoms with Gasteiger partial charge in [0, 0.05) is 18.4 Å². The summed E-state index contributed by atoms with van der Waals surface area (Å²) in [7, 11) is 1.80. The maximum atomic E-state index is 5.71. The van der Waals surface area contributed by atoms with Gasteiger partial charge in [-0.2, -0.15) is 15.0 Å². The molecule has 0 atom stereocenters. The van der Waals surface area contributed by atoms with E-state index in [1.165, 1.54) is 0 Å². The summed E-state index contributed by atoms with van der Waals surface area (Å²) in [4.78, 5) is 13.4. The predicted molar refractivity (Wildman–Crippen MR) is 68.8 cm³/mol. The number of anilines is 3. The normalized spacial score (nSPS) is 10.3. The highest BCUT2D eigenvalue weighted by molar-refractivity contribution is 6.31. The summed E-state index contributed by atoms with van der Waals surface area (Å²) in [6.45, 7) is 0. The van der Waals surface area contributed by atoms with Gasteiger partial charge in [0.1, 0.15) is 0 Å². The zero-order valence-electron chi connectivity index (χ0n) is 8.93. The van der Waals surface area contributed by atoms with Crippen LogP contribution in [0.15, 0.2) is 24.3 Å². The van der Waals surface area contributed by atoms with E-state index in [1.54, 1.807) is 24.1 Å². The summed E-state index contributed by atoms with van der Waals surface area (Å²) in [6.07, 6.45) is 0. The first-order valence-electron chi connectivity index (χ1n) is 4.72. The molecule has 0 aliphatic rings. The van der Waals surface area contributed by atoms with Gasteiger partial charge in [-0.3, -0.25) is 0 Å². The topological polar surface area (TPSA) is 67.9 Å². The fourth-order valence-corrected chi connectivity index (χ4v) is 1.63. The lowest BCUT2D eigenvalue weighted by molar-refractivity contribution is 0.986. The lowest BCUT2D eigenvalue weighted by Crippen LogP contribution is -2.13. The van der Waals surface area contributed by atoms with E-state index < -0.39 is 0 Å². The van der Waals surface area contributed by atoms with Gasteiger partial charge in [-0.25, -0.2) is 0 Å². The van der Waals surface area contributed by atoms with Crippen molar-refractivity contribution >= 4 is 40.5 Å². The highest BCUT2D eigenvalue weighted by atomic mass is 35.5. The van der Waals surface area contributed by atoms with E-state index in [2.05, 4.69) is 15.0 Å². The fraction of sp³-hybridized carbons (Fsp3) is 0.100. The summed E-state index contributed by atoms with van der Waals surface area (Å²) in [6, 6.07) is 7.27. The van der Waals surface area contributed by atoms with E-state index >= 15 is 0 Å². The van der Waals surface area contributed by atoms with E-state index in [1.807, 2.05) is 12.1 Å². The maximum absolute atomic E-state index is 5.71. The van der Waals surface area contributed by atoms with Gasteiger partial charge in [-0.05, 0) is 47.5 Å². The smallest absolute Gasteiger partial charge is 0.235 e. The van der Waals surface area contributed by atoms with Crippen LogP contribution in [0, 0.1) is 0 Å². The molecule has 0 amide bonds. The third kappa shape index (κ3) is 2.75. The van der Waals surface area contributed by atoms with Gasteiger partial charge in [0.25, 0.3) is 0 Å². The zero-order chi connectivity index (χ0) is 12.4. The number of nitrogen functional groups attached to an aromatic ring is 1. The third-order valence-electron chi connectivity index (χ3n) is 2.15. The number of hydrogen-bond acceptors (Lipinski definition) is 5. The van der Waals surface area contributed by atoms with Crippen molar-refractivity contribution in [3.63, 3.8) is 0 Å². The first-order chi connectivity index (χ1) is 8.06. The molecule has 1 aromatic carbocycles. The first kappa shape index (κ1) is 11.9. The van der Waals surface area contributed by atoms with Crippen LogP contribution in [-0.2, 0) is 0 Å². The summed E-state index contributed by atoms with van der Waals surface area (Å²) < 4.78 is 0. The number of hydrogen-bond donors (Lipinski definition) is 1. The number of benzene rings is 1. The van der Waals surface area contributed by atoms with Crippen LogP contribution in [0.4, 0.5) is 17.3 Å². The van der Waals surface area contributed by atoms with Gasteiger partial charge < -0.3 is 10.6 Å². The Labute approximate surface area is 108 Å². The number of halogens is 2. The molecule has 0 fully saturated rings. The monoisotopic (exact) mass is 269 g/mol. The highest BCUT2D eigenvalue weighted by Gasteiger charge is 2.09. The molecule has 7 heteroatoms. The summed E-state index contributed by atoms with van der Waals surface area (Å²) in [5.74, 6) is 0.375. The van der Waals surface area contributed by atoms with E-state index in [0.29, 0.717) is 11.6 Å². The zero-order valence-corrected chi connectivity index (χ0v) is 10.4. The van der Waals surface area contributed by atoms with Gasteiger partial charge in [0.15, 0.2) is 0 Å². The van der Waals surface area contributed by atoms with Gasteiger partial charge in [-0.1, -0.05) is 0 Å². The molecule has 1 aromatic heterocycles. The van der Waals surface area contributed by atoms with Crippen molar-refractivity contribution in [3.8, 4) is 0 Å². The fourth-order valence-electron chi connectivity index (χ4n) is 1.28. The molecule has 88 valence electrons. The minimum Gasteiger partial charge on any atom is -0.399 e. The van der Waals surface area contributed by atoms with Gasteiger partial charge in [0.2, 0.25) is 16.5 Å². The minimum atomic E-state index is 0.0577. The quantitative estimate of drug-likeness (QED) is 0.849. The molecule has 0 aliphatic carbocycles. The van der Waals surface area contributed by atoms with Crippen molar-refractivity contribution in [2.45, 2.75) is 0 Å². The molecule has 0 saturated heterocycles. The van der Waals surface area contributed by atoms with E-state index in [4.69, 9.17) is 28.9 Å². The third-order valence-corrected chi connectivity index (χ3v) is 2.49. The Morgan fingerprint density at radius 2 is 1.53 bits per heavy atom. The molecule has 1 heterocycles. The van der Waals surface area contributed by atoms with E-state index in [9.17, 15) is 0 Å². The minimum absolute atomic E-state index is 0.0577. The Bertz CT molecular complexity index is 508. The summed E-state index contributed by atoms with van der Waals surface area (Å²) in [5, 5.41) is 0.115.